The van der Waals surface area contributed by atoms with E-state index in [0.717, 1.165) is 12.1 Å². The van der Waals surface area contributed by atoms with E-state index in [1.54, 1.807) is 4.57 Å². The van der Waals surface area contributed by atoms with Crippen molar-refractivity contribution in [1.29, 1.82) is 0 Å². The fraction of sp³-hybridized carbons (Fsp3) is 0.312. The number of anilines is 1. The van der Waals surface area contributed by atoms with Crippen molar-refractivity contribution in [3.05, 3.63) is 36.2 Å². The zero-order valence-corrected chi connectivity index (χ0v) is 13.4. The summed E-state index contributed by atoms with van der Waals surface area (Å²) in [6, 6.07) is 4.81. The van der Waals surface area contributed by atoms with E-state index in [0.29, 0.717) is 42.3 Å². The molecule has 9 heteroatoms. The lowest BCUT2D eigenvalue weighted by molar-refractivity contribution is -0.137. The molecule has 2 aromatic heterocycles. The van der Waals surface area contributed by atoms with Gasteiger partial charge in [-0.25, -0.2) is 15.0 Å². The third-order valence-electron chi connectivity index (χ3n) is 3.69. The minimum absolute atomic E-state index is 0.216. The average Bonchev–Trinajstić information content (AvgIpc) is 2.95. The molecule has 0 aliphatic heterocycles. The van der Waals surface area contributed by atoms with E-state index < -0.39 is 11.7 Å². The third kappa shape index (κ3) is 3.41. The van der Waals surface area contributed by atoms with Gasteiger partial charge in [-0.05, 0) is 19.1 Å². The molecule has 0 bridgehead atoms. The fourth-order valence-electron chi connectivity index (χ4n) is 2.49. The second-order valence-corrected chi connectivity index (χ2v) is 5.29. The van der Waals surface area contributed by atoms with Gasteiger partial charge in [0.05, 0.1) is 12.2 Å². The van der Waals surface area contributed by atoms with Crippen LogP contribution < -0.4 is 5.73 Å². The Balaban J connectivity index is 2.08. The molecule has 0 unspecified atom stereocenters. The number of hydrogen-bond donors (Lipinski definition) is 1. The van der Waals surface area contributed by atoms with Crippen molar-refractivity contribution < 1.29 is 17.9 Å². The number of benzene rings is 1. The number of nitrogens with zero attached hydrogens (tertiary/aromatic N) is 4. The number of fused-ring (bicyclic) bond motifs is 1. The molecule has 0 saturated heterocycles. The first-order chi connectivity index (χ1) is 11.9. The number of rotatable bonds is 5. The maximum Gasteiger partial charge on any atom is 0.416 e. The van der Waals surface area contributed by atoms with Crippen LogP contribution in [0.4, 0.5) is 19.0 Å². The predicted molar refractivity (Wildman–Crippen MR) is 86.7 cm³/mol. The van der Waals surface area contributed by atoms with Gasteiger partial charge in [0.2, 0.25) is 0 Å². The van der Waals surface area contributed by atoms with Gasteiger partial charge in [-0.3, -0.25) is 0 Å². The second-order valence-electron chi connectivity index (χ2n) is 5.29. The van der Waals surface area contributed by atoms with E-state index in [1.165, 1.54) is 18.5 Å². The Labute approximate surface area is 141 Å². The van der Waals surface area contributed by atoms with Crippen molar-refractivity contribution in [3.8, 4) is 11.4 Å². The lowest BCUT2D eigenvalue weighted by Crippen LogP contribution is -2.09. The van der Waals surface area contributed by atoms with Gasteiger partial charge in [-0.2, -0.15) is 13.2 Å². The van der Waals surface area contributed by atoms with Crippen molar-refractivity contribution in [1.82, 2.24) is 19.5 Å². The van der Waals surface area contributed by atoms with Crippen LogP contribution in [0.2, 0.25) is 0 Å². The molecule has 25 heavy (non-hydrogen) atoms. The van der Waals surface area contributed by atoms with E-state index in [9.17, 15) is 13.2 Å². The summed E-state index contributed by atoms with van der Waals surface area (Å²) in [4.78, 5) is 12.5. The number of imidazole rings is 1. The lowest BCUT2D eigenvalue weighted by Gasteiger charge is -2.10. The van der Waals surface area contributed by atoms with Gasteiger partial charge in [0.15, 0.2) is 17.0 Å². The summed E-state index contributed by atoms with van der Waals surface area (Å²) in [5.41, 5.74) is 6.59. The molecule has 0 spiro atoms. The van der Waals surface area contributed by atoms with Crippen molar-refractivity contribution in [2.45, 2.75) is 19.6 Å². The molecule has 0 amide bonds. The maximum atomic E-state index is 12.8. The molecule has 0 radical (unpaired) electrons. The van der Waals surface area contributed by atoms with Crippen molar-refractivity contribution in [2.75, 3.05) is 18.9 Å². The summed E-state index contributed by atoms with van der Waals surface area (Å²) < 4.78 is 45.4. The molecule has 3 rings (SSSR count). The van der Waals surface area contributed by atoms with Crippen molar-refractivity contribution in [2.24, 2.45) is 0 Å². The first kappa shape index (κ1) is 17.2. The first-order valence-electron chi connectivity index (χ1n) is 7.64. The van der Waals surface area contributed by atoms with E-state index in [-0.39, 0.29) is 5.82 Å². The number of nitrogen functional groups attached to an aromatic ring is 1. The quantitative estimate of drug-likeness (QED) is 0.715. The Morgan fingerprint density at radius 3 is 2.52 bits per heavy atom. The van der Waals surface area contributed by atoms with E-state index in [4.69, 9.17) is 10.5 Å². The number of alkyl halides is 3. The smallest absolute Gasteiger partial charge is 0.382 e. The van der Waals surface area contributed by atoms with Gasteiger partial charge in [0.1, 0.15) is 12.2 Å². The van der Waals surface area contributed by atoms with Gasteiger partial charge in [0, 0.05) is 18.7 Å². The maximum absolute atomic E-state index is 12.8. The average molecular weight is 351 g/mol. The summed E-state index contributed by atoms with van der Waals surface area (Å²) in [5.74, 6) is 0.684. The molecule has 3 aromatic rings. The number of aromatic nitrogens is 4. The van der Waals surface area contributed by atoms with Crippen LogP contribution in [0.25, 0.3) is 22.6 Å². The van der Waals surface area contributed by atoms with E-state index >= 15 is 0 Å². The standard InChI is InChI=1S/C16H16F3N5O/c1-2-25-8-7-24-14(23-12-13(20)21-9-22-15(12)24)10-3-5-11(6-4-10)16(17,18)19/h3-6,9H,2,7-8H2,1H3,(H2,20,21,22). The van der Waals surface area contributed by atoms with Gasteiger partial charge < -0.3 is 15.0 Å². The number of ether oxygens (including phenoxy) is 1. The SMILES string of the molecule is CCOCCn1c(-c2ccc(C(F)(F)F)cc2)nc2c(N)ncnc21. The highest BCUT2D eigenvalue weighted by atomic mass is 19.4. The van der Waals surface area contributed by atoms with Gasteiger partial charge in [0.25, 0.3) is 0 Å². The molecule has 132 valence electrons. The molecule has 0 saturated carbocycles. The van der Waals surface area contributed by atoms with Gasteiger partial charge in [-0.1, -0.05) is 12.1 Å². The summed E-state index contributed by atoms with van der Waals surface area (Å²) in [6.07, 6.45) is -3.06. The molecule has 0 aliphatic carbocycles. The zero-order valence-electron chi connectivity index (χ0n) is 13.4. The summed E-state index contributed by atoms with van der Waals surface area (Å²) in [6.45, 7) is 3.29. The number of halogens is 3. The van der Waals surface area contributed by atoms with Crippen molar-refractivity contribution in [3.63, 3.8) is 0 Å². The minimum Gasteiger partial charge on any atom is -0.382 e. The molecule has 0 aliphatic rings. The van der Waals surface area contributed by atoms with Crippen LogP contribution in [0.5, 0.6) is 0 Å². The minimum atomic E-state index is -4.39. The first-order valence-corrected chi connectivity index (χ1v) is 7.64. The number of hydrogen-bond acceptors (Lipinski definition) is 5. The van der Waals surface area contributed by atoms with Crippen LogP contribution in [0.15, 0.2) is 30.6 Å². The normalized spacial score (nSPS) is 12.0. The Bertz CT molecular complexity index is 874. The van der Waals surface area contributed by atoms with Crippen LogP contribution in [0.1, 0.15) is 12.5 Å². The summed E-state index contributed by atoms with van der Waals surface area (Å²) in [5, 5.41) is 0. The van der Waals surface area contributed by atoms with Gasteiger partial charge in [-0.15, -0.1) is 0 Å². The summed E-state index contributed by atoms with van der Waals surface area (Å²) >= 11 is 0. The van der Waals surface area contributed by atoms with Gasteiger partial charge >= 0.3 is 6.18 Å². The lowest BCUT2D eigenvalue weighted by atomic mass is 10.1. The van der Waals surface area contributed by atoms with E-state index in [2.05, 4.69) is 15.0 Å². The Morgan fingerprint density at radius 2 is 1.88 bits per heavy atom. The van der Waals surface area contributed by atoms with Crippen LogP contribution in [0.3, 0.4) is 0 Å². The molecule has 0 atom stereocenters. The van der Waals surface area contributed by atoms with Crippen LogP contribution >= 0.6 is 0 Å². The molecule has 2 heterocycles. The Morgan fingerprint density at radius 1 is 1.16 bits per heavy atom. The largest absolute Gasteiger partial charge is 0.416 e. The molecule has 1 aromatic carbocycles. The third-order valence-corrected chi connectivity index (χ3v) is 3.69. The Hall–Kier alpha value is -2.68. The van der Waals surface area contributed by atoms with Crippen molar-refractivity contribution >= 4 is 17.0 Å². The highest BCUT2D eigenvalue weighted by Crippen LogP contribution is 2.32. The van der Waals surface area contributed by atoms with Crippen LogP contribution in [-0.4, -0.2) is 32.7 Å². The fourth-order valence-corrected chi connectivity index (χ4v) is 2.49. The molecular formula is C16H16F3N5O. The highest BCUT2D eigenvalue weighted by molar-refractivity contribution is 5.85. The summed E-state index contributed by atoms with van der Waals surface area (Å²) in [7, 11) is 0. The highest BCUT2D eigenvalue weighted by Gasteiger charge is 2.30. The molecule has 0 fully saturated rings. The molecule has 2 N–H and O–H groups in total. The van der Waals surface area contributed by atoms with Crippen LogP contribution in [0, 0.1) is 0 Å². The monoisotopic (exact) mass is 351 g/mol. The molecule has 6 nitrogen and oxygen atoms in total. The van der Waals surface area contributed by atoms with E-state index in [1.807, 2.05) is 6.92 Å². The number of nitrogens with two attached hydrogens (primary N) is 1. The zero-order chi connectivity index (χ0) is 18.0. The molecular weight excluding hydrogens is 335 g/mol. The van der Waals surface area contributed by atoms with Crippen LogP contribution in [-0.2, 0) is 17.5 Å². The Kier molecular flexibility index (Phi) is 4.58. The second kappa shape index (κ2) is 6.67. The predicted octanol–water partition coefficient (Wildman–Crippen LogP) is 3.13. The topological polar surface area (TPSA) is 78.9 Å².